The van der Waals surface area contributed by atoms with Crippen LogP contribution in [0, 0.1) is 5.92 Å². The van der Waals surface area contributed by atoms with Gasteiger partial charge in [-0.2, -0.15) is 0 Å². The number of benzene rings is 1. The Morgan fingerprint density at radius 1 is 1.35 bits per heavy atom. The lowest BCUT2D eigenvalue weighted by atomic mass is 9.98. The average molecular weight is 358 g/mol. The summed E-state index contributed by atoms with van der Waals surface area (Å²) < 4.78 is 3.05. The average Bonchev–Trinajstić information content (AvgIpc) is 2.82. The molecule has 1 aromatic carbocycles. The first kappa shape index (κ1) is 15.1. The summed E-state index contributed by atoms with van der Waals surface area (Å²) in [5, 5.41) is 9.16. The number of rotatable bonds is 2. The number of hydrogen-bond acceptors (Lipinski definition) is 2. The Hall–Kier alpha value is -1.33. The van der Waals surface area contributed by atoms with Gasteiger partial charge < -0.3 is 9.67 Å². The zero-order chi connectivity index (χ0) is 13.4. The number of imidazole rings is 1. The summed E-state index contributed by atoms with van der Waals surface area (Å²) in [5.74, 6) is -0.176. The molecule has 1 aromatic heterocycles. The summed E-state index contributed by atoms with van der Waals surface area (Å²) in [4.78, 5) is 15.6. The first-order chi connectivity index (χ1) is 9.15. The Bertz CT molecular complexity index is 625. The van der Waals surface area contributed by atoms with E-state index in [9.17, 15) is 4.79 Å². The zero-order valence-electron chi connectivity index (χ0n) is 10.6. The Kier molecular flexibility index (Phi) is 4.50. The second-order valence-electron chi connectivity index (χ2n) is 4.76. The number of nitrogens with zero attached hydrogens (tertiary/aromatic N) is 2. The van der Waals surface area contributed by atoms with Gasteiger partial charge in [0, 0.05) is 28.5 Å². The minimum atomic E-state index is -0.721. The highest BCUT2D eigenvalue weighted by molar-refractivity contribution is 9.10. The molecule has 0 radical (unpaired) electrons. The van der Waals surface area contributed by atoms with Crippen LogP contribution in [0.2, 0.25) is 0 Å². The van der Waals surface area contributed by atoms with Crippen molar-refractivity contribution in [2.24, 2.45) is 5.92 Å². The second-order valence-corrected chi connectivity index (χ2v) is 5.68. The normalized spacial score (nSPS) is 17.1. The van der Waals surface area contributed by atoms with Crippen molar-refractivity contribution in [2.75, 3.05) is 0 Å². The molecular formula is C14H14BrClN2O2. The van der Waals surface area contributed by atoms with Gasteiger partial charge in [0.1, 0.15) is 5.82 Å². The first-order valence-electron chi connectivity index (χ1n) is 6.18. The van der Waals surface area contributed by atoms with Gasteiger partial charge in [-0.3, -0.25) is 4.79 Å². The number of aromatic nitrogens is 2. The molecule has 0 bridgehead atoms. The maximum absolute atomic E-state index is 11.1. The molecule has 0 saturated heterocycles. The van der Waals surface area contributed by atoms with E-state index < -0.39 is 5.97 Å². The van der Waals surface area contributed by atoms with Crippen LogP contribution in [0.5, 0.6) is 0 Å². The second kappa shape index (κ2) is 5.97. The van der Waals surface area contributed by atoms with Gasteiger partial charge in [0.2, 0.25) is 0 Å². The van der Waals surface area contributed by atoms with Gasteiger partial charge in [-0.1, -0.05) is 28.1 Å². The molecule has 4 nitrogen and oxygen atoms in total. The summed E-state index contributed by atoms with van der Waals surface area (Å²) in [7, 11) is 0. The van der Waals surface area contributed by atoms with Gasteiger partial charge in [-0.25, -0.2) is 4.98 Å². The number of fused-ring (bicyclic) bond motifs is 1. The predicted octanol–water partition coefficient (Wildman–Crippen LogP) is 3.38. The van der Waals surface area contributed by atoms with E-state index >= 15 is 0 Å². The molecule has 6 heteroatoms. The third-order valence-electron chi connectivity index (χ3n) is 3.54. The van der Waals surface area contributed by atoms with Crippen LogP contribution in [-0.4, -0.2) is 20.6 Å². The maximum Gasteiger partial charge on any atom is 0.308 e. The van der Waals surface area contributed by atoms with Crippen molar-refractivity contribution in [1.82, 2.24) is 9.55 Å². The maximum atomic E-state index is 11.1. The Morgan fingerprint density at radius 3 is 2.70 bits per heavy atom. The van der Waals surface area contributed by atoms with E-state index in [2.05, 4.69) is 20.9 Å². The molecular weight excluding hydrogens is 344 g/mol. The molecule has 1 N–H and O–H groups in total. The van der Waals surface area contributed by atoms with E-state index in [1.165, 1.54) is 0 Å². The fourth-order valence-corrected chi connectivity index (χ4v) is 2.74. The molecule has 0 aliphatic carbocycles. The monoisotopic (exact) mass is 356 g/mol. The van der Waals surface area contributed by atoms with Crippen molar-refractivity contribution >= 4 is 34.3 Å². The molecule has 2 aromatic rings. The van der Waals surface area contributed by atoms with Gasteiger partial charge >= 0.3 is 5.97 Å². The summed E-state index contributed by atoms with van der Waals surface area (Å²) in [6, 6.07) is 7.91. The Morgan fingerprint density at radius 2 is 2.05 bits per heavy atom. The van der Waals surface area contributed by atoms with Crippen molar-refractivity contribution in [3.63, 3.8) is 0 Å². The molecule has 106 valence electrons. The predicted molar refractivity (Wildman–Crippen MR) is 82.1 cm³/mol. The summed E-state index contributed by atoms with van der Waals surface area (Å²) in [5.41, 5.74) is 2.14. The molecule has 1 aliphatic rings. The lowest BCUT2D eigenvalue weighted by Gasteiger charge is -2.22. The number of halogens is 2. The first-order valence-corrected chi connectivity index (χ1v) is 6.97. The van der Waals surface area contributed by atoms with E-state index in [0.29, 0.717) is 13.0 Å². The molecule has 0 spiro atoms. The van der Waals surface area contributed by atoms with E-state index in [1.807, 2.05) is 35.0 Å². The van der Waals surface area contributed by atoms with Crippen LogP contribution in [-0.2, 0) is 17.8 Å². The van der Waals surface area contributed by atoms with Crippen LogP contribution in [0.15, 0.2) is 34.9 Å². The largest absolute Gasteiger partial charge is 0.481 e. The topological polar surface area (TPSA) is 55.1 Å². The number of carbonyl (C=O) groups is 1. The van der Waals surface area contributed by atoms with E-state index in [1.54, 1.807) is 0 Å². The molecule has 20 heavy (non-hydrogen) atoms. The molecule has 0 amide bonds. The van der Waals surface area contributed by atoms with Crippen molar-refractivity contribution < 1.29 is 9.90 Å². The zero-order valence-corrected chi connectivity index (χ0v) is 13.0. The molecule has 2 heterocycles. The third-order valence-corrected chi connectivity index (χ3v) is 4.07. The van der Waals surface area contributed by atoms with Crippen LogP contribution in [0.4, 0.5) is 0 Å². The number of carboxylic acids is 1. The highest BCUT2D eigenvalue weighted by Gasteiger charge is 2.26. The van der Waals surface area contributed by atoms with Gasteiger partial charge in [0.05, 0.1) is 5.92 Å². The van der Waals surface area contributed by atoms with Crippen molar-refractivity contribution in [2.45, 2.75) is 19.4 Å². The number of aliphatic carboxylic acids is 1. The minimum Gasteiger partial charge on any atom is -0.481 e. The summed E-state index contributed by atoms with van der Waals surface area (Å²) in [6.45, 7) is 0.510. The van der Waals surface area contributed by atoms with Crippen LogP contribution in [0.1, 0.15) is 12.1 Å². The van der Waals surface area contributed by atoms with Crippen LogP contribution >= 0.6 is 28.3 Å². The highest BCUT2D eigenvalue weighted by atomic mass is 79.9. The molecule has 1 atom stereocenters. The van der Waals surface area contributed by atoms with E-state index in [-0.39, 0.29) is 18.3 Å². The standard InChI is InChI=1S/C14H13BrN2O2.ClH/c15-11-4-1-9(2-5-11)13-16-7-12-6-3-10(14(18)19)8-17(12)13;/h1-2,4-5,7,10H,3,6,8H2,(H,18,19);1H. The number of aryl methyl sites for hydroxylation is 1. The SMILES string of the molecule is Cl.O=C(O)C1CCc2cnc(-c3ccc(Br)cc3)n2C1. The van der Waals surface area contributed by atoms with Crippen molar-refractivity contribution in [3.8, 4) is 11.4 Å². The van der Waals surface area contributed by atoms with Crippen molar-refractivity contribution in [3.05, 3.63) is 40.6 Å². The van der Waals surface area contributed by atoms with Crippen LogP contribution < -0.4 is 0 Å². The molecule has 3 rings (SSSR count). The minimum absolute atomic E-state index is 0. The number of carboxylic acid groups (broad SMARTS) is 1. The van der Waals surface area contributed by atoms with Crippen LogP contribution in [0.25, 0.3) is 11.4 Å². The third kappa shape index (κ3) is 2.74. The lowest BCUT2D eigenvalue weighted by Crippen LogP contribution is -2.26. The Balaban J connectivity index is 0.00000147. The fourth-order valence-electron chi connectivity index (χ4n) is 2.48. The molecule has 0 saturated carbocycles. The van der Waals surface area contributed by atoms with Gasteiger partial charge in [0.15, 0.2) is 0 Å². The van der Waals surface area contributed by atoms with E-state index in [4.69, 9.17) is 5.11 Å². The Labute approximate surface area is 131 Å². The van der Waals surface area contributed by atoms with Gasteiger partial charge in [0.25, 0.3) is 0 Å². The smallest absolute Gasteiger partial charge is 0.308 e. The summed E-state index contributed by atoms with van der Waals surface area (Å²) in [6.07, 6.45) is 3.33. The molecule has 1 aliphatic heterocycles. The quantitative estimate of drug-likeness (QED) is 0.896. The van der Waals surface area contributed by atoms with E-state index in [0.717, 1.165) is 28.0 Å². The van der Waals surface area contributed by atoms with Gasteiger partial charge in [-0.05, 0) is 25.0 Å². The summed E-state index contributed by atoms with van der Waals surface area (Å²) >= 11 is 3.41. The van der Waals surface area contributed by atoms with Crippen LogP contribution in [0.3, 0.4) is 0 Å². The van der Waals surface area contributed by atoms with Crippen molar-refractivity contribution in [1.29, 1.82) is 0 Å². The highest BCUT2D eigenvalue weighted by Crippen LogP contribution is 2.28. The lowest BCUT2D eigenvalue weighted by molar-refractivity contribution is -0.142. The molecule has 0 fully saturated rings. The molecule has 1 unspecified atom stereocenters. The van der Waals surface area contributed by atoms with Gasteiger partial charge in [-0.15, -0.1) is 12.4 Å². The number of hydrogen-bond donors (Lipinski definition) is 1. The fraction of sp³-hybridized carbons (Fsp3) is 0.286.